The number of nitrogens with one attached hydrogen (secondary N) is 1. The van der Waals surface area contributed by atoms with Gasteiger partial charge in [0.05, 0.1) is 5.75 Å². The number of thioether (sulfide) groups is 1. The van der Waals surface area contributed by atoms with Crippen molar-refractivity contribution in [1.29, 1.82) is 0 Å². The summed E-state index contributed by atoms with van der Waals surface area (Å²) in [7, 11) is 0. The predicted octanol–water partition coefficient (Wildman–Crippen LogP) is 3.78. The molecule has 0 unspecified atom stereocenters. The Balaban J connectivity index is 2.00. The summed E-state index contributed by atoms with van der Waals surface area (Å²) in [6.07, 6.45) is 0. The van der Waals surface area contributed by atoms with Gasteiger partial charge in [0.1, 0.15) is 6.04 Å². The standard InChI is InChI=1S/C22H28N2O2S/c1-4-23-22(26)18(3)24(14-19-8-6-5-7-9-19)21(25)16-27-15-20-12-10-17(2)11-13-20/h5-13,18H,4,14-16H2,1-3H3,(H,23,26)/t18-/m1/s1. The van der Waals surface area contributed by atoms with Crippen LogP contribution in [-0.2, 0) is 21.9 Å². The monoisotopic (exact) mass is 384 g/mol. The highest BCUT2D eigenvalue weighted by Crippen LogP contribution is 2.16. The fraction of sp³-hybridized carbons (Fsp3) is 0.364. The van der Waals surface area contributed by atoms with Gasteiger partial charge in [-0.15, -0.1) is 11.8 Å². The highest BCUT2D eigenvalue weighted by atomic mass is 32.2. The first-order chi connectivity index (χ1) is 13.0. The minimum Gasteiger partial charge on any atom is -0.355 e. The fourth-order valence-corrected chi connectivity index (χ4v) is 3.58. The first kappa shape index (κ1) is 21.0. The topological polar surface area (TPSA) is 49.4 Å². The van der Waals surface area contributed by atoms with Crippen LogP contribution in [0.4, 0.5) is 0 Å². The Morgan fingerprint density at radius 3 is 2.33 bits per heavy atom. The van der Waals surface area contributed by atoms with E-state index in [1.165, 1.54) is 11.1 Å². The molecule has 2 rings (SSSR count). The molecule has 1 N–H and O–H groups in total. The average Bonchev–Trinajstić information content (AvgIpc) is 2.68. The molecule has 0 radical (unpaired) electrons. The predicted molar refractivity (Wildman–Crippen MR) is 112 cm³/mol. The lowest BCUT2D eigenvalue weighted by atomic mass is 10.1. The second kappa shape index (κ2) is 10.8. The van der Waals surface area contributed by atoms with Crippen LogP contribution in [0.3, 0.4) is 0 Å². The van der Waals surface area contributed by atoms with Gasteiger partial charge in [-0.1, -0.05) is 60.2 Å². The number of hydrogen-bond acceptors (Lipinski definition) is 3. The maximum Gasteiger partial charge on any atom is 0.242 e. The minimum absolute atomic E-state index is 0.0188. The Morgan fingerprint density at radius 2 is 1.70 bits per heavy atom. The van der Waals surface area contributed by atoms with Gasteiger partial charge < -0.3 is 10.2 Å². The van der Waals surface area contributed by atoms with E-state index in [1.807, 2.05) is 37.3 Å². The van der Waals surface area contributed by atoms with Gasteiger partial charge in [0.2, 0.25) is 11.8 Å². The van der Waals surface area contributed by atoms with Crippen LogP contribution in [0.1, 0.15) is 30.5 Å². The number of amides is 2. The number of likely N-dealkylation sites (N-methyl/N-ethyl adjacent to an activating group) is 1. The van der Waals surface area contributed by atoms with Crippen LogP contribution in [0.15, 0.2) is 54.6 Å². The van der Waals surface area contributed by atoms with E-state index in [0.29, 0.717) is 18.8 Å². The average molecular weight is 385 g/mol. The van der Waals surface area contributed by atoms with Crippen LogP contribution in [0.5, 0.6) is 0 Å². The van der Waals surface area contributed by atoms with Crippen molar-refractivity contribution >= 4 is 23.6 Å². The fourth-order valence-electron chi connectivity index (χ4n) is 2.71. The van der Waals surface area contributed by atoms with Crippen molar-refractivity contribution < 1.29 is 9.59 Å². The van der Waals surface area contributed by atoms with E-state index in [4.69, 9.17) is 0 Å². The molecule has 0 saturated heterocycles. The molecule has 0 aliphatic rings. The van der Waals surface area contributed by atoms with E-state index < -0.39 is 6.04 Å². The van der Waals surface area contributed by atoms with Gasteiger partial charge in [-0.2, -0.15) is 0 Å². The molecule has 0 fully saturated rings. The van der Waals surface area contributed by atoms with Gasteiger partial charge in [-0.05, 0) is 31.9 Å². The first-order valence-corrected chi connectivity index (χ1v) is 10.4. The van der Waals surface area contributed by atoms with Gasteiger partial charge >= 0.3 is 0 Å². The van der Waals surface area contributed by atoms with E-state index >= 15 is 0 Å². The molecule has 2 amide bonds. The molecule has 2 aromatic carbocycles. The van der Waals surface area contributed by atoms with Crippen LogP contribution in [0.2, 0.25) is 0 Å². The molecule has 0 bridgehead atoms. The second-order valence-corrected chi connectivity index (χ2v) is 7.54. The maximum atomic E-state index is 12.9. The smallest absolute Gasteiger partial charge is 0.242 e. The number of benzene rings is 2. The van der Waals surface area contributed by atoms with Crippen LogP contribution in [0.25, 0.3) is 0 Å². The SMILES string of the molecule is CCNC(=O)[C@@H](C)N(Cc1ccccc1)C(=O)CSCc1ccc(C)cc1. The van der Waals surface area contributed by atoms with Crippen molar-refractivity contribution in [2.24, 2.45) is 0 Å². The van der Waals surface area contributed by atoms with Gasteiger partial charge in [-0.3, -0.25) is 9.59 Å². The molecular weight excluding hydrogens is 356 g/mol. The Morgan fingerprint density at radius 1 is 1.04 bits per heavy atom. The van der Waals surface area contributed by atoms with E-state index in [-0.39, 0.29) is 11.8 Å². The van der Waals surface area contributed by atoms with Gasteiger partial charge in [0, 0.05) is 18.8 Å². The Labute approximate surface area is 166 Å². The van der Waals surface area contributed by atoms with E-state index in [9.17, 15) is 9.59 Å². The molecule has 144 valence electrons. The second-order valence-electron chi connectivity index (χ2n) is 6.56. The van der Waals surface area contributed by atoms with Crippen LogP contribution in [0, 0.1) is 6.92 Å². The summed E-state index contributed by atoms with van der Waals surface area (Å²) >= 11 is 1.58. The van der Waals surface area contributed by atoms with Crippen LogP contribution >= 0.6 is 11.8 Å². The molecule has 0 spiro atoms. The highest BCUT2D eigenvalue weighted by molar-refractivity contribution is 7.99. The Kier molecular flexibility index (Phi) is 8.40. The summed E-state index contributed by atoms with van der Waals surface area (Å²) in [5.74, 6) is 0.991. The zero-order chi connectivity index (χ0) is 19.6. The zero-order valence-corrected chi connectivity index (χ0v) is 17.1. The summed E-state index contributed by atoms with van der Waals surface area (Å²) in [5, 5.41) is 2.81. The van der Waals surface area contributed by atoms with E-state index in [2.05, 4.69) is 36.5 Å². The summed E-state index contributed by atoms with van der Waals surface area (Å²) < 4.78 is 0. The third kappa shape index (κ3) is 6.75. The molecule has 0 heterocycles. The number of carbonyl (C=O) groups excluding carboxylic acids is 2. The largest absolute Gasteiger partial charge is 0.355 e. The Bertz CT molecular complexity index is 732. The molecular formula is C22H28N2O2S. The van der Waals surface area contributed by atoms with Gasteiger partial charge in [0.15, 0.2) is 0 Å². The van der Waals surface area contributed by atoms with Crippen LogP contribution in [-0.4, -0.2) is 35.1 Å². The summed E-state index contributed by atoms with van der Waals surface area (Å²) in [4.78, 5) is 26.8. The molecule has 0 aliphatic carbocycles. The lowest BCUT2D eigenvalue weighted by Gasteiger charge is -2.28. The Hall–Kier alpha value is -2.27. The first-order valence-electron chi connectivity index (χ1n) is 9.25. The summed E-state index contributed by atoms with van der Waals surface area (Å²) in [5.41, 5.74) is 3.44. The molecule has 1 atom stereocenters. The number of aryl methyl sites for hydroxylation is 1. The summed E-state index contributed by atoms with van der Waals surface area (Å²) in [6, 6.07) is 17.6. The van der Waals surface area contributed by atoms with Crippen molar-refractivity contribution in [2.75, 3.05) is 12.3 Å². The number of rotatable bonds is 9. The normalized spacial score (nSPS) is 11.7. The molecule has 27 heavy (non-hydrogen) atoms. The van der Waals surface area contributed by atoms with E-state index in [0.717, 1.165) is 11.3 Å². The number of hydrogen-bond donors (Lipinski definition) is 1. The number of carbonyl (C=O) groups is 2. The van der Waals surface area contributed by atoms with Gasteiger partial charge in [0.25, 0.3) is 0 Å². The lowest BCUT2D eigenvalue weighted by Crippen LogP contribution is -2.48. The van der Waals surface area contributed by atoms with E-state index in [1.54, 1.807) is 23.6 Å². The highest BCUT2D eigenvalue weighted by Gasteiger charge is 2.25. The quantitative estimate of drug-likeness (QED) is 0.716. The molecule has 0 saturated carbocycles. The number of nitrogens with zero attached hydrogens (tertiary/aromatic N) is 1. The zero-order valence-electron chi connectivity index (χ0n) is 16.3. The lowest BCUT2D eigenvalue weighted by molar-refractivity contribution is -0.138. The minimum atomic E-state index is -0.502. The third-order valence-corrected chi connectivity index (χ3v) is 5.32. The third-order valence-electron chi connectivity index (χ3n) is 4.33. The molecule has 0 aromatic heterocycles. The van der Waals surface area contributed by atoms with Crippen molar-refractivity contribution in [1.82, 2.24) is 10.2 Å². The maximum absolute atomic E-state index is 12.9. The van der Waals surface area contributed by atoms with Crippen molar-refractivity contribution in [3.8, 4) is 0 Å². The molecule has 5 heteroatoms. The molecule has 2 aromatic rings. The van der Waals surface area contributed by atoms with Crippen molar-refractivity contribution in [3.05, 3.63) is 71.3 Å². The van der Waals surface area contributed by atoms with Gasteiger partial charge in [-0.25, -0.2) is 0 Å². The summed E-state index contributed by atoms with van der Waals surface area (Å²) in [6.45, 7) is 6.72. The van der Waals surface area contributed by atoms with Crippen molar-refractivity contribution in [2.45, 2.75) is 39.1 Å². The van der Waals surface area contributed by atoms with Crippen molar-refractivity contribution in [3.63, 3.8) is 0 Å². The molecule has 4 nitrogen and oxygen atoms in total. The molecule has 0 aliphatic heterocycles. The van der Waals surface area contributed by atoms with Crippen LogP contribution < -0.4 is 5.32 Å².